The van der Waals surface area contributed by atoms with E-state index in [4.69, 9.17) is 10.00 Å². The van der Waals surface area contributed by atoms with Crippen molar-refractivity contribution in [2.75, 3.05) is 18.0 Å². The summed E-state index contributed by atoms with van der Waals surface area (Å²) < 4.78 is 34.3. The summed E-state index contributed by atoms with van der Waals surface area (Å²) in [5.41, 5.74) is -2.50. The van der Waals surface area contributed by atoms with Crippen molar-refractivity contribution in [3.63, 3.8) is 0 Å². The maximum absolute atomic E-state index is 14.5. The molecule has 1 aliphatic rings. The molecule has 0 aromatic carbocycles. The second-order valence-electron chi connectivity index (χ2n) is 6.55. The zero-order valence-electron chi connectivity index (χ0n) is 15.4. The highest BCUT2D eigenvalue weighted by Gasteiger charge is 2.51. The van der Waals surface area contributed by atoms with Gasteiger partial charge in [-0.05, 0) is 6.07 Å². The molecule has 0 aliphatic carbocycles. The summed E-state index contributed by atoms with van der Waals surface area (Å²) in [6.45, 7) is -1.21. The van der Waals surface area contributed by atoms with Crippen molar-refractivity contribution < 1.29 is 13.5 Å². The summed E-state index contributed by atoms with van der Waals surface area (Å²) in [4.78, 5) is 48.2. The zero-order valence-corrected chi connectivity index (χ0v) is 15.4. The SMILES string of the molecule is N#Cc1cnc(O[C@H]2CN(c3cc(-c4c[nH]c(=O)[nH]c4=O)n[nH]c3=O)CC2(F)F)cn1. The van der Waals surface area contributed by atoms with E-state index in [2.05, 4.69) is 25.1 Å². The van der Waals surface area contributed by atoms with E-state index in [1.807, 2.05) is 4.98 Å². The van der Waals surface area contributed by atoms with E-state index >= 15 is 0 Å². The Labute approximate surface area is 170 Å². The largest absolute Gasteiger partial charge is 0.465 e. The summed E-state index contributed by atoms with van der Waals surface area (Å²) in [6, 6.07) is 2.92. The van der Waals surface area contributed by atoms with Gasteiger partial charge in [-0.25, -0.2) is 28.6 Å². The van der Waals surface area contributed by atoms with E-state index in [1.165, 1.54) is 6.07 Å². The maximum atomic E-state index is 14.5. The Balaban J connectivity index is 1.62. The minimum Gasteiger partial charge on any atom is -0.465 e. The normalized spacial score (nSPS) is 17.3. The topological polar surface area (TPSA) is 174 Å². The Hall–Kier alpha value is -4.41. The van der Waals surface area contributed by atoms with Crippen molar-refractivity contribution in [1.29, 1.82) is 5.26 Å². The van der Waals surface area contributed by atoms with Gasteiger partial charge in [-0.2, -0.15) is 10.4 Å². The fraction of sp³-hybridized carbons (Fsp3) is 0.235. The quantitative estimate of drug-likeness (QED) is 0.487. The van der Waals surface area contributed by atoms with Crippen LogP contribution >= 0.6 is 0 Å². The van der Waals surface area contributed by atoms with Crippen LogP contribution < -0.4 is 26.4 Å². The van der Waals surface area contributed by atoms with Gasteiger partial charge < -0.3 is 14.6 Å². The first-order valence-corrected chi connectivity index (χ1v) is 8.70. The van der Waals surface area contributed by atoms with Gasteiger partial charge in [0.05, 0.1) is 36.7 Å². The lowest BCUT2D eigenvalue weighted by molar-refractivity contribution is -0.0610. The first kappa shape index (κ1) is 19.9. The van der Waals surface area contributed by atoms with Crippen molar-refractivity contribution in [3.05, 3.63) is 61.5 Å². The number of H-pyrrole nitrogens is 3. The first-order chi connectivity index (χ1) is 14.8. The molecule has 31 heavy (non-hydrogen) atoms. The highest BCUT2D eigenvalue weighted by Crippen LogP contribution is 2.33. The molecule has 1 aliphatic heterocycles. The number of aromatic nitrogens is 6. The van der Waals surface area contributed by atoms with Crippen LogP contribution in [-0.2, 0) is 0 Å². The van der Waals surface area contributed by atoms with Gasteiger partial charge in [-0.1, -0.05) is 0 Å². The molecular weight excluding hydrogens is 418 g/mol. The van der Waals surface area contributed by atoms with Crippen LogP contribution in [0.5, 0.6) is 5.88 Å². The van der Waals surface area contributed by atoms with E-state index in [0.717, 1.165) is 23.5 Å². The lowest BCUT2D eigenvalue weighted by Crippen LogP contribution is -2.36. The molecule has 0 saturated carbocycles. The molecule has 3 aromatic rings. The molecule has 4 rings (SSSR count). The van der Waals surface area contributed by atoms with Crippen LogP contribution in [0.4, 0.5) is 14.5 Å². The van der Waals surface area contributed by atoms with Crippen LogP contribution in [0.3, 0.4) is 0 Å². The van der Waals surface area contributed by atoms with Gasteiger partial charge in [-0.3, -0.25) is 14.6 Å². The molecular formula is C17H12F2N8O4. The number of ether oxygens (including phenoxy) is 1. The zero-order chi connectivity index (χ0) is 22.2. The van der Waals surface area contributed by atoms with E-state index in [-0.39, 0.29) is 35.1 Å². The lowest BCUT2D eigenvalue weighted by Gasteiger charge is -2.17. The number of alkyl halides is 2. The number of nitrogens with one attached hydrogen (secondary N) is 3. The third kappa shape index (κ3) is 3.88. The number of hydrogen-bond acceptors (Lipinski definition) is 9. The molecule has 0 amide bonds. The Bertz CT molecular complexity index is 1340. The molecule has 3 N–H and O–H groups in total. The molecule has 0 spiro atoms. The Kier molecular flexibility index (Phi) is 4.78. The molecule has 12 nitrogen and oxygen atoms in total. The van der Waals surface area contributed by atoms with Gasteiger partial charge in [-0.15, -0.1) is 0 Å². The Morgan fingerprint density at radius 3 is 2.71 bits per heavy atom. The maximum Gasteiger partial charge on any atom is 0.325 e. The second-order valence-corrected chi connectivity index (χ2v) is 6.55. The van der Waals surface area contributed by atoms with Crippen LogP contribution in [0.2, 0.25) is 0 Å². The smallest absolute Gasteiger partial charge is 0.325 e. The van der Waals surface area contributed by atoms with Crippen LogP contribution in [0.15, 0.2) is 39.0 Å². The van der Waals surface area contributed by atoms with Gasteiger partial charge in [0.15, 0.2) is 11.8 Å². The highest BCUT2D eigenvalue weighted by atomic mass is 19.3. The molecule has 0 radical (unpaired) electrons. The fourth-order valence-electron chi connectivity index (χ4n) is 3.01. The van der Waals surface area contributed by atoms with Crippen LogP contribution in [-0.4, -0.2) is 55.2 Å². The van der Waals surface area contributed by atoms with E-state index in [1.54, 1.807) is 6.07 Å². The minimum absolute atomic E-state index is 0.000233. The number of halogens is 2. The number of rotatable bonds is 4. The first-order valence-electron chi connectivity index (χ1n) is 8.70. The molecule has 158 valence electrons. The minimum atomic E-state index is -3.35. The van der Waals surface area contributed by atoms with Crippen molar-refractivity contribution >= 4 is 5.69 Å². The molecule has 1 saturated heterocycles. The molecule has 0 unspecified atom stereocenters. The Morgan fingerprint density at radius 2 is 2.03 bits per heavy atom. The number of nitriles is 1. The number of hydrogen-bond donors (Lipinski definition) is 3. The van der Waals surface area contributed by atoms with Crippen LogP contribution in [0.1, 0.15) is 5.69 Å². The lowest BCUT2D eigenvalue weighted by atomic mass is 10.2. The van der Waals surface area contributed by atoms with Crippen molar-refractivity contribution in [2.24, 2.45) is 0 Å². The van der Waals surface area contributed by atoms with Crippen LogP contribution in [0, 0.1) is 11.3 Å². The van der Waals surface area contributed by atoms with Gasteiger partial charge >= 0.3 is 11.6 Å². The summed E-state index contributed by atoms with van der Waals surface area (Å²) in [5.74, 6) is -3.55. The van der Waals surface area contributed by atoms with Gasteiger partial charge in [0.1, 0.15) is 11.8 Å². The average Bonchev–Trinajstić information content (AvgIpc) is 3.03. The third-order valence-corrected chi connectivity index (χ3v) is 4.48. The fourth-order valence-corrected chi connectivity index (χ4v) is 3.01. The van der Waals surface area contributed by atoms with E-state index < -0.39 is 35.4 Å². The molecule has 0 bridgehead atoms. The van der Waals surface area contributed by atoms with Gasteiger partial charge in [0, 0.05) is 6.20 Å². The predicted octanol–water partition coefficient (Wildman–Crippen LogP) is -0.622. The highest BCUT2D eigenvalue weighted by molar-refractivity contribution is 5.62. The Morgan fingerprint density at radius 1 is 1.23 bits per heavy atom. The monoisotopic (exact) mass is 430 g/mol. The molecule has 1 atom stereocenters. The average molecular weight is 430 g/mol. The number of anilines is 1. The number of aromatic amines is 3. The van der Waals surface area contributed by atoms with Gasteiger partial charge in [0.25, 0.3) is 11.1 Å². The van der Waals surface area contributed by atoms with Crippen molar-refractivity contribution in [2.45, 2.75) is 12.0 Å². The number of nitrogens with zero attached hydrogens (tertiary/aromatic N) is 5. The molecule has 14 heteroatoms. The standard InChI is InChI=1S/C17H12F2N8O4/c18-17(19)7-27(6-12(17)31-13-5-21-8(2-20)3-22-13)11-1-10(25-26-15(11)29)9-4-23-16(30)24-14(9)28/h1,3-5,12H,6-7H2,(H,26,29)(H2,23,24,28,30)/t12-/m0/s1. The summed E-state index contributed by atoms with van der Waals surface area (Å²) >= 11 is 0. The van der Waals surface area contributed by atoms with E-state index in [9.17, 15) is 23.2 Å². The predicted molar refractivity (Wildman–Crippen MR) is 99.9 cm³/mol. The second kappa shape index (κ2) is 7.44. The summed E-state index contributed by atoms with van der Waals surface area (Å²) in [7, 11) is 0. The molecule has 4 heterocycles. The van der Waals surface area contributed by atoms with Gasteiger partial charge in [0.2, 0.25) is 5.88 Å². The van der Waals surface area contributed by atoms with Crippen LogP contribution in [0.25, 0.3) is 11.3 Å². The molecule has 3 aromatic heterocycles. The van der Waals surface area contributed by atoms with Crippen molar-refractivity contribution in [3.8, 4) is 23.2 Å². The third-order valence-electron chi connectivity index (χ3n) is 4.48. The molecule has 1 fully saturated rings. The van der Waals surface area contributed by atoms with Crippen molar-refractivity contribution in [1.82, 2.24) is 30.1 Å². The summed E-state index contributed by atoms with van der Waals surface area (Å²) in [6.07, 6.45) is 1.58. The van der Waals surface area contributed by atoms with E-state index in [0.29, 0.717) is 0 Å². The summed E-state index contributed by atoms with van der Waals surface area (Å²) in [5, 5.41) is 14.6.